The Balaban J connectivity index is 1.80. The van der Waals surface area contributed by atoms with Crippen molar-refractivity contribution < 1.29 is 22.7 Å². The molecule has 1 unspecified atom stereocenters. The largest absolute Gasteiger partial charge is 0.497 e. The van der Waals surface area contributed by atoms with Gasteiger partial charge in [0.05, 0.1) is 22.6 Å². The van der Waals surface area contributed by atoms with Crippen molar-refractivity contribution in [2.24, 2.45) is 0 Å². The van der Waals surface area contributed by atoms with Crippen LogP contribution < -0.4 is 10.1 Å². The molecule has 1 atom stereocenters. The number of hydrogen-bond donors (Lipinski definition) is 1. The maximum atomic E-state index is 13.0. The minimum atomic E-state index is -3.82. The lowest BCUT2D eigenvalue weighted by Gasteiger charge is -2.23. The van der Waals surface area contributed by atoms with Crippen molar-refractivity contribution in [3.8, 4) is 5.75 Å². The molecule has 3 rings (SSSR count). The van der Waals surface area contributed by atoms with Gasteiger partial charge in [0.1, 0.15) is 11.8 Å². The fourth-order valence-corrected chi connectivity index (χ4v) is 5.66. The van der Waals surface area contributed by atoms with Crippen LogP contribution >= 0.6 is 11.3 Å². The number of ketones is 1. The molecule has 8 nitrogen and oxygen atoms in total. The SMILES string of the molecule is COc1ccc(S(=O)(=O)N2CCCC2C(=O)Nc2nc(C)c(C(C)=O)s2)cc1. The Morgan fingerprint density at radius 1 is 1.29 bits per heavy atom. The van der Waals surface area contributed by atoms with Crippen LogP contribution in [0.15, 0.2) is 29.2 Å². The Hall–Kier alpha value is -2.30. The molecule has 2 heterocycles. The number of thiazole rings is 1. The highest BCUT2D eigenvalue weighted by Gasteiger charge is 2.39. The Morgan fingerprint density at radius 2 is 1.96 bits per heavy atom. The van der Waals surface area contributed by atoms with Gasteiger partial charge in [0, 0.05) is 13.5 Å². The minimum absolute atomic E-state index is 0.108. The molecule has 1 aromatic heterocycles. The number of aryl methyl sites for hydroxylation is 1. The Kier molecular flexibility index (Phi) is 5.82. The number of anilines is 1. The smallest absolute Gasteiger partial charge is 0.244 e. The molecule has 0 bridgehead atoms. The van der Waals surface area contributed by atoms with E-state index in [0.29, 0.717) is 34.3 Å². The summed E-state index contributed by atoms with van der Waals surface area (Å²) in [6, 6.07) is 5.24. The predicted molar refractivity (Wildman–Crippen MR) is 105 cm³/mol. The third-order valence-corrected chi connectivity index (χ3v) is 7.61. The number of nitrogens with one attached hydrogen (secondary N) is 1. The van der Waals surface area contributed by atoms with E-state index in [1.807, 2.05) is 0 Å². The van der Waals surface area contributed by atoms with E-state index in [1.54, 1.807) is 19.1 Å². The molecule has 1 amide bonds. The van der Waals surface area contributed by atoms with Gasteiger partial charge in [-0.3, -0.25) is 9.59 Å². The van der Waals surface area contributed by atoms with E-state index in [2.05, 4.69) is 10.3 Å². The summed E-state index contributed by atoms with van der Waals surface area (Å²) in [5.41, 5.74) is 0.543. The molecule has 0 aliphatic carbocycles. The summed E-state index contributed by atoms with van der Waals surface area (Å²) in [5.74, 6) is -0.0198. The average Bonchev–Trinajstić information content (AvgIpc) is 3.29. The first kappa shape index (κ1) is 20.4. The number of nitrogens with zero attached hydrogens (tertiary/aromatic N) is 2. The van der Waals surface area contributed by atoms with Gasteiger partial charge in [0.25, 0.3) is 0 Å². The van der Waals surface area contributed by atoms with Gasteiger partial charge in [-0.1, -0.05) is 11.3 Å². The number of hydrogen-bond acceptors (Lipinski definition) is 7. The summed E-state index contributed by atoms with van der Waals surface area (Å²) >= 11 is 1.09. The molecule has 2 aromatic rings. The first-order valence-corrected chi connectivity index (χ1v) is 10.9. The van der Waals surface area contributed by atoms with E-state index in [-0.39, 0.29) is 17.2 Å². The third kappa shape index (κ3) is 3.94. The lowest BCUT2D eigenvalue weighted by atomic mass is 10.2. The second-order valence-corrected chi connectivity index (χ2v) is 9.32. The number of amides is 1. The molecular weight excluding hydrogens is 402 g/mol. The molecule has 0 saturated carbocycles. The zero-order valence-corrected chi connectivity index (χ0v) is 17.4. The number of methoxy groups -OCH3 is 1. The lowest BCUT2D eigenvalue weighted by Crippen LogP contribution is -2.43. The monoisotopic (exact) mass is 423 g/mol. The number of carbonyl (C=O) groups is 2. The molecule has 1 aromatic carbocycles. The van der Waals surface area contributed by atoms with Gasteiger partial charge in [-0.2, -0.15) is 4.31 Å². The zero-order chi connectivity index (χ0) is 20.5. The van der Waals surface area contributed by atoms with Gasteiger partial charge >= 0.3 is 0 Å². The van der Waals surface area contributed by atoms with E-state index in [1.165, 1.54) is 30.5 Å². The first-order chi connectivity index (χ1) is 13.2. The number of sulfonamides is 1. The lowest BCUT2D eigenvalue weighted by molar-refractivity contribution is -0.119. The molecule has 0 spiro atoms. The van der Waals surface area contributed by atoms with Gasteiger partial charge in [-0.25, -0.2) is 13.4 Å². The second-order valence-electron chi connectivity index (χ2n) is 6.43. The van der Waals surface area contributed by atoms with E-state index < -0.39 is 22.0 Å². The van der Waals surface area contributed by atoms with Crippen molar-refractivity contribution >= 4 is 38.2 Å². The number of ether oxygens (including phenoxy) is 1. The van der Waals surface area contributed by atoms with Crippen molar-refractivity contribution in [2.45, 2.75) is 37.6 Å². The molecule has 28 heavy (non-hydrogen) atoms. The topological polar surface area (TPSA) is 106 Å². The second kappa shape index (κ2) is 7.98. The third-order valence-electron chi connectivity index (χ3n) is 4.52. The van der Waals surface area contributed by atoms with E-state index in [0.717, 1.165) is 11.3 Å². The van der Waals surface area contributed by atoms with Crippen LogP contribution in [0, 0.1) is 6.92 Å². The molecule has 1 N–H and O–H groups in total. The quantitative estimate of drug-likeness (QED) is 0.716. The molecular formula is C18H21N3O5S2. The molecule has 0 radical (unpaired) electrons. The number of benzene rings is 1. The highest BCUT2D eigenvalue weighted by Crippen LogP contribution is 2.29. The van der Waals surface area contributed by atoms with Crippen molar-refractivity contribution in [1.82, 2.24) is 9.29 Å². The number of aromatic nitrogens is 1. The first-order valence-electron chi connectivity index (χ1n) is 8.69. The van der Waals surface area contributed by atoms with Gasteiger partial charge in [0.2, 0.25) is 15.9 Å². The van der Waals surface area contributed by atoms with Gasteiger partial charge in [0.15, 0.2) is 10.9 Å². The molecule has 150 valence electrons. The normalized spacial score (nSPS) is 17.5. The number of rotatable bonds is 6. The number of carbonyl (C=O) groups excluding carboxylic acids is 2. The summed E-state index contributed by atoms with van der Waals surface area (Å²) in [4.78, 5) is 29.1. The zero-order valence-electron chi connectivity index (χ0n) is 15.8. The van der Waals surface area contributed by atoms with Crippen molar-refractivity contribution in [3.63, 3.8) is 0 Å². The van der Waals surface area contributed by atoms with Crippen LogP contribution in [0.5, 0.6) is 5.75 Å². The van der Waals surface area contributed by atoms with Gasteiger partial charge in [-0.05, 0) is 44.0 Å². The van der Waals surface area contributed by atoms with Crippen LogP contribution in [-0.2, 0) is 14.8 Å². The molecule has 1 saturated heterocycles. The van der Waals surface area contributed by atoms with Crippen LogP contribution in [0.3, 0.4) is 0 Å². The van der Waals surface area contributed by atoms with Gasteiger partial charge in [-0.15, -0.1) is 0 Å². The number of Topliss-reactive ketones (excluding diaryl/α,β-unsaturated/α-hetero) is 1. The molecule has 1 aliphatic heterocycles. The van der Waals surface area contributed by atoms with Crippen LogP contribution in [-0.4, -0.2) is 49.1 Å². The van der Waals surface area contributed by atoms with E-state index >= 15 is 0 Å². The summed E-state index contributed by atoms with van der Waals surface area (Å²) in [7, 11) is -2.32. The van der Waals surface area contributed by atoms with E-state index in [4.69, 9.17) is 4.74 Å². The van der Waals surface area contributed by atoms with Crippen LogP contribution in [0.4, 0.5) is 5.13 Å². The Morgan fingerprint density at radius 3 is 2.54 bits per heavy atom. The maximum Gasteiger partial charge on any atom is 0.244 e. The molecule has 10 heteroatoms. The molecule has 1 fully saturated rings. The van der Waals surface area contributed by atoms with Crippen molar-refractivity contribution in [2.75, 3.05) is 19.0 Å². The highest BCUT2D eigenvalue weighted by molar-refractivity contribution is 7.89. The Labute approximate surface area is 167 Å². The fourth-order valence-electron chi connectivity index (χ4n) is 3.14. The van der Waals surface area contributed by atoms with Crippen LogP contribution in [0.2, 0.25) is 0 Å². The van der Waals surface area contributed by atoms with Crippen molar-refractivity contribution in [3.05, 3.63) is 34.8 Å². The minimum Gasteiger partial charge on any atom is -0.497 e. The predicted octanol–water partition coefficient (Wildman–Crippen LogP) is 2.45. The van der Waals surface area contributed by atoms with E-state index in [9.17, 15) is 18.0 Å². The summed E-state index contributed by atoms with van der Waals surface area (Å²) < 4.78 is 32.3. The van der Waals surface area contributed by atoms with Crippen LogP contribution in [0.1, 0.15) is 35.1 Å². The summed E-state index contributed by atoms with van der Waals surface area (Å²) in [5, 5.41) is 2.95. The molecule has 1 aliphatic rings. The van der Waals surface area contributed by atoms with Gasteiger partial charge < -0.3 is 10.1 Å². The summed E-state index contributed by atoms with van der Waals surface area (Å²) in [6.07, 6.45) is 1.01. The fraction of sp³-hybridized carbons (Fsp3) is 0.389. The average molecular weight is 424 g/mol. The van der Waals surface area contributed by atoms with Crippen molar-refractivity contribution in [1.29, 1.82) is 0 Å². The summed E-state index contributed by atoms with van der Waals surface area (Å²) in [6.45, 7) is 3.40. The van der Waals surface area contributed by atoms with Crippen LogP contribution in [0.25, 0.3) is 0 Å². The standard InChI is InChI=1S/C18H21N3O5S2/c1-11-16(12(2)22)27-18(19-11)20-17(23)15-5-4-10-21(15)28(24,25)14-8-6-13(26-3)7-9-14/h6-9,15H,4-5,10H2,1-3H3,(H,19,20,23). The Bertz CT molecular complexity index is 999. The highest BCUT2D eigenvalue weighted by atomic mass is 32.2. The maximum absolute atomic E-state index is 13.0.